The van der Waals surface area contributed by atoms with E-state index in [0.29, 0.717) is 19.4 Å². The Morgan fingerprint density at radius 3 is 2.75 bits per heavy atom. The molecule has 0 spiro atoms. The highest BCUT2D eigenvalue weighted by Gasteiger charge is 2.31. The lowest BCUT2D eigenvalue weighted by molar-refractivity contribution is 0.0726. The van der Waals surface area contributed by atoms with E-state index < -0.39 is 32.6 Å². The van der Waals surface area contributed by atoms with Crippen molar-refractivity contribution in [1.29, 1.82) is 0 Å². The van der Waals surface area contributed by atoms with Gasteiger partial charge in [-0.2, -0.15) is 0 Å². The summed E-state index contributed by atoms with van der Waals surface area (Å²) in [4.78, 5) is 26.9. The molecule has 1 fully saturated rings. The van der Waals surface area contributed by atoms with Crippen molar-refractivity contribution in [2.45, 2.75) is 18.1 Å². The highest BCUT2D eigenvalue weighted by Crippen LogP contribution is 2.18. The van der Waals surface area contributed by atoms with Crippen molar-refractivity contribution < 1.29 is 18.3 Å². The van der Waals surface area contributed by atoms with Crippen LogP contribution < -0.4 is 10.7 Å². The normalized spacial score (nSPS) is 19.9. The molecule has 1 saturated heterocycles. The molecule has 9 heteroatoms. The van der Waals surface area contributed by atoms with Gasteiger partial charge in [0.2, 0.25) is 10.0 Å². The summed E-state index contributed by atoms with van der Waals surface area (Å²) >= 11 is 0. The number of hydrogen-bond donors (Lipinski definition) is 3. The second kappa shape index (κ2) is 5.25. The third kappa shape index (κ3) is 3.17. The summed E-state index contributed by atoms with van der Waals surface area (Å²) in [6.45, 7) is 0.379. The molecule has 0 saturated carbocycles. The Morgan fingerprint density at radius 2 is 2.15 bits per heavy atom. The van der Waals surface area contributed by atoms with Gasteiger partial charge in [-0.1, -0.05) is 0 Å². The molecule has 1 unspecified atom stereocenters. The summed E-state index contributed by atoms with van der Waals surface area (Å²) in [5, 5.41) is 13.6. The number of sulfonamides is 1. The second-order valence-corrected chi connectivity index (χ2v) is 6.57. The number of aromatic nitrogens is 1. The SMILES string of the molecule is NS(=O)(=O)C1CCCN(C(=O)c2cc(O)[nH]c(=O)c2)C1. The Bertz CT molecular complexity index is 682. The number of carbonyl (C=O) groups excluding carboxylic acids is 1. The van der Waals surface area contributed by atoms with Crippen LogP contribution in [0.4, 0.5) is 0 Å². The number of H-pyrrole nitrogens is 1. The topological polar surface area (TPSA) is 134 Å². The lowest BCUT2D eigenvalue weighted by Crippen LogP contribution is -2.47. The van der Waals surface area contributed by atoms with E-state index >= 15 is 0 Å². The molecular weight excluding hydrogens is 286 g/mol. The Balaban J connectivity index is 2.22. The van der Waals surface area contributed by atoms with Gasteiger partial charge >= 0.3 is 0 Å². The number of hydrogen-bond acceptors (Lipinski definition) is 5. The molecule has 8 nitrogen and oxygen atoms in total. The van der Waals surface area contributed by atoms with Gasteiger partial charge < -0.3 is 10.0 Å². The number of nitrogens with zero attached hydrogens (tertiary/aromatic N) is 1. The van der Waals surface area contributed by atoms with Crippen molar-refractivity contribution in [3.8, 4) is 5.88 Å². The van der Waals surface area contributed by atoms with Crippen molar-refractivity contribution >= 4 is 15.9 Å². The van der Waals surface area contributed by atoms with Gasteiger partial charge in [-0.15, -0.1) is 0 Å². The van der Waals surface area contributed by atoms with Crippen LogP contribution in [0, 0.1) is 0 Å². The smallest absolute Gasteiger partial charge is 0.254 e. The van der Waals surface area contributed by atoms with Crippen LogP contribution in [0.25, 0.3) is 0 Å². The summed E-state index contributed by atoms with van der Waals surface area (Å²) in [7, 11) is -3.70. The maximum atomic E-state index is 12.2. The van der Waals surface area contributed by atoms with Crippen LogP contribution in [0.2, 0.25) is 0 Å². The Hall–Kier alpha value is -1.87. The van der Waals surface area contributed by atoms with Gasteiger partial charge in [-0.05, 0) is 12.8 Å². The molecule has 0 bridgehead atoms. The molecule has 20 heavy (non-hydrogen) atoms. The summed E-state index contributed by atoms with van der Waals surface area (Å²) in [6.07, 6.45) is 0.922. The lowest BCUT2D eigenvalue weighted by Gasteiger charge is -2.31. The molecule has 110 valence electrons. The van der Waals surface area contributed by atoms with Crippen molar-refractivity contribution in [3.63, 3.8) is 0 Å². The zero-order valence-electron chi connectivity index (χ0n) is 10.6. The summed E-state index contributed by atoms with van der Waals surface area (Å²) in [5.74, 6) is -0.916. The predicted octanol–water partition coefficient (Wildman–Crippen LogP) is -1.03. The molecule has 0 radical (unpaired) electrons. The molecule has 2 rings (SSSR count). The molecule has 1 aromatic rings. The molecule has 0 aromatic carbocycles. The van der Waals surface area contributed by atoms with Gasteiger partial charge in [0, 0.05) is 25.2 Å². The maximum absolute atomic E-state index is 12.2. The third-order valence-electron chi connectivity index (χ3n) is 3.21. The average molecular weight is 301 g/mol. The third-order valence-corrected chi connectivity index (χ3v) is 4.52. The second-order valence-electron chi connectivity index (χ2n) is 4.72. The van der Waals surface area contributed by atoms with Crippen LogP contribution in [-0.2, 0) is 10.0 Å². The monoisotopic (exact) mass is 301 g/mol. The predicted molar refractivity (Wildman–Crippen MR) is 70.8 cm³/mol. The largest absolute Gasteiger partial charge is 0.494 e. The number of aromatic amines is 1. The number of rotatable bonds is 2. The number of pyridine rings is 1. The molecular formula is C11H15N3O5S. The van der Waals surface area contributed by atoms with Crippen molar-refractivity contribution in [3.05, 3.63) is 28.0 Å². The molecule has 1 atom stereocenters. The maximum Gasteiger partial charge on any atom is 0.254 e. The van der Waals surface area contributed by atoms with E-state index in [-0.39, 0.29) is 12.1 Å². The van der Waals surface area contributed by atoms with Crippen LogP contribution in [0.1, 0.15) is 23.2 Å². The van der Waals surface area contributed by atoms with Crippen molar-refractivity contribution in [1.82, 2.24) is 9.88 Å². The number of carbonyl (C=O) groups is 1. The van der Waals surface area contributed by atoms with Gasteiger partial charge in [0.15, 0.2) is 5.88 Å². The first-order valence-corrected chi connectivity index (χ1v) is 7.62. The number of nitrogens with two attached hydrogens (primary N) is 1. The number of likely N-dealkylation sites (tertiary alicyclic amines) is 1. The fraction of sp³-hybridized carbons (Fsp3) is 0.455. The summed E-state index contributed by atoms with van der Waals surface area (Å²) in [6, 6.07) is 2.19. The summed E-state index contributed by atoms with van der Waals surface area (Å²) < 4.78 is 22.7. The Kier molecular flexibility index (Phi) is 3.82. The molecule has 1 amide bonds. The molecule has 2 heterocycles. The minimum absolute atomic E-state index is 0.00870. The van der Waals surface area contributed by atoms with Gasteiger partial charge in [0.05, 0.1) is 10.8 Å². The number of piperidine rings is 1. The van der Waals surface area contributed by atoms with E-state index in [1.54, 1.807) is 0 Å². The average Bonchev–Trinajstić information content (AvgIpc) is 2.36. The van der Waals surface area contributed by atoms with Gasteiger partial charge in [0.1, 0.15) is 0 Å². The standard InChI is InChI=1S/C11H15N3O5S/c12-20(18,19)8-2-1-3-14(6-8)11(17)7-4-9(15)13-10(16)5-7/h4-5,8H,1-3,6H2,(H2,12,18,19)(H2,13,15,16). The molecule has 0 aliphatic carbocycles. The highest BCUT2D eigenvalue weighted by atomic mass is 32.2. The highest BCUT2D eigenvalue weighted by molar-refractivity contribution is 7.89. The lowest BCUT2D eigenvalue weighted by atomic mass is 10.1. The van der Waals surface area contributed by atoms with Crippen LogP contribution in [0.3, 0.4) is 0 Å². The number of amides is 1. The van der Waals surface area contributed by atoms with Crippen LogP contribution in [0.5, 0.6) is 5.88 Å². The quantitative estimate of drug-likeness (QED) is 0.642. The zero-order chi connectivity index (χ0) is 14.9. The first-order chi connectivity index (χ1) is 9.27. The van der Waals surface area contributed by atoms with E-state index in [2.05, 4.69) is 4.98 Å². The molecule has 4 N–H and O–H groups in total. The molecule has 1 aliphatic heterocycles. The van der Waals surface area contributed by atoms with E-state index in [4.69, 9.17) is 5.14 Å². The number of primary sulfonamides is 1. The van der Waals surface area contributed by atoms with E-state index in [1.807, 2.05) is 0 Å². The summed E-state index contributed by atoms with van der Waals surface area (Å²) in [5.41, 5.74) is -0.588. The van der Waals surface area contributed by atoms with E-state index in [0.717, 1.165) is 12.1 Å². The Morgan fingerprint density at radius 1 is 1.45 bits per heavy atom. The van der Waals surface area contributed by atoms with Crippen molar-refractivity contribution in [2.24, 2.45) is 5.14 Å². The number of aromatic hydroxyl groups is 1. The molecule has 1 aliphatic rings. The van der Waals surface area contributed by atoms with Gasteiger partial charge in [-0.3, -0.25) is 14.6 Å². The first-order valence-electron chi connectivity index (χ1n) is 6.01. The zero-order valence-corrected chi connectivity index (χ0v) is 11.4. The van der Waals surface area contributed by atoms with Crippen LogP contribution in [0.15, 0.2) is 16.9 Å². The van der Waals surface area contributed by atoms with Crippen LogP contribution in [-0.4, -0.2) is 47.7 Å². The minimum atomic E-state index is -3.70. The Labute approximate surface area is 115 Å². The molecule has 1 aromatic heterocycles. The van der Waals surface area contributed by atoms with Crippen LogP contribution >= 0.6 is 0 Å². The minimum Gasteiger partial charge on any atom is -0.494 e. The van der Waals surface area contributed by atoms with E-state index in [1.165, 1.54) is 4.90 Å². The number of nitrogens with one attached hydrogen (secondary N) is 1. The fourth-order valence-corrected chi connectivity index (χ4v) is 3.11. The van der Waals surface area contributed by atoms with Gasteiger partial charge in [0.25, 0.3) is 11.5 Å². The van der Waals surface area contributed by atoms with Crippen molar-refractivity contribution in [2.75, 3.05) is 13.1 Å². The van der Waals surface area contributed by atoms with E-state index in [9.17, 15) is 23.1 Å². The fourth-order valence-electron chi connectivity index (χ4n) is 2.23. The van der Waals surface area contributed by atoms with Gasteiger partial charge in [-0.25, -0.2) is 13.6 Å². The first kappa shape index (κ1) is 14.5.